The predicted octanol–water partition coefficient (Wildman–Crippen LogP) is 0.394. The molecule has 14 heavy (non-hydrogen) atoms. The maximum atomic E-state index is 11.4. The van der Waals surface area contributed by atoms with E-state index in [0.29, 0.717) is 4.88 Å². The van der Waals surface area contributed by atoms with Gasteiger partial charge in [0.05, 0.1) is 17.5 Å². The fourth-order valence-electron chi connectivity index (χ4n) is 0.853. The largest absolute Gasteiger partial charge is 0.347 e. The highest BCUT2D eigenvalue weighted by Gasteiger charge is 2.10. The third-order valence-corrected chi connectivity index (χ3v) is 2.54. The van der Waals surface area contributed by atoms with Gasteiger partial charge < -0.3 is 11.1 Å². The van der Waals surface area contributed by atoms with Crippen molar-refractivity contribution in [2.45, 2.75) is 13.0 Å². The average Bonchev–Trinajstić information content (AvgIpc) is 2.66. The lowest BCUT2D eigenvalue weighted by Crippen LogP contribution is -2.40. The fraction of sp³-hybridized carbons (Fsp3) is 0.333. The molecule has 0 aliphatic carbocycles. The van der Waals surface area contributed by atoms with Crippen LogP contribution in [0.1, 0.15) is 16.6 Å². The number of nitrogens with two attached hydrogens (primary N) is 1. The second-order valence-electron chi connectivity index (χ2n) is 2.91. The van der Waals surface area contributed by atoms with E-state index in [1.165, 1.54) is 11.3 Å². The molecule has 1 amide bonds. The number of amides is 1. The number of carbonyl (C=O) groups is 2. The summed E-state index contributed by atoms with van der Waals surface area (Å²) in [6.45, 7) is 1.59. The third-order valence-electron chi connectivity index (χ3n) is 1.63. The summed E-state index contributed by atoms with van der Waals surface area (Å²) >= 11 is 1.36. The SMILES string of the molecule is CC(N)C(=O)NCC(=O)c1cccs1. The molecule has 76 valence electrons. The number of hydrogen-bond donors (Lipinski definition) is 2. The number of ketones is 1. The third kappa shape index (κ3) is 2.93. The molecule has 3 N–H and O–H groups in total. The van der Waals surface area contributed by atoms with Crippen LogP contribution in [0.3, 0.4) is 0 Å². The number of Topliss-reactive ketones (excluding diaryl/α,β-unsaturated/α-hetero) is 1. The topological polar surface area (TPSA) is 72.2 Å². The lowest BCUT2D eigenvalue weighted by molar-refractivity contribution is -0.121. The van der Waals surface area contributed by atoms with E-state index in [9.17, 15) is 9.59 Å². The molecule has 0 fully saturated rings. The molecule has 4 nitrogen and oxygen atoms in total. The lowest BCUT2D eigenvalue weighted by Gasteiger charge is -2.05. The highest BCUT2D eigenvalue weighted by Crippen LogP contribution is 2.08. The Morgan fingerprint density at radius 3 is 2.86 bits per heavy atom. The van der Waals surface area contributed by atoms with Crippen molar-refractivity contribution in [3.8, 4) is 0 Å². The molecular weight excluding hydrogens is 200 g/mol. The highest BCUT2D eigenvalue weighted by molar-refractivity contribution is 7.12. The summed E-state index contributed by atoms with van der Waals surface area (Å²) < 4.78 is 0. The number of carbonyl (C=O) groups excluding carboxylic acids is 2. The zero-order chi connectivity index (χ0) is 10.6. The quantitative estimate of drug-likeness (QED) is 0.709. The first kappa shape index (κ1) is 10.9. The Labute approximate surface area is 86.1 Å². The zero-order valence-electron chi connectivity index (χ0n) is 7.82. The zero-order valence-corrected chi connectivity index (χ0v) is 8.64. The Morgan fingerprint density at radius 2 is 2.36 bits per heavy atom. The van der Waals surface area contributed by atoms with Crippen molar-refractivity contribution in [3.63, 3.8) is 0 Å². The van der Waals surface area contributed by atoms with Gasteiger partial charge in [-0.15, -0.1) is 11.3 Å². The van der Waals surface area contributed by atoms with Gasteiger partial charge in [0.25, 0.3) is 0 Å². The van der Waals surface area contributed by atoms with E-state index in [4.69, 9.17) is 5.73 Å². The summed E-state index contributed by atoms with van der Waals surface area (Å²) in [7, 11) is 0. The molecular formula is C9H12N2O2S. The van der Waals surface area contributed by atoms with Gasteiger partial charge >= 0.3 is 0 Å². The Bertz CT molecular complexity index is 320. The van der Waals surface area contributed by atoms with Crippen LogP contribution in [0.4, 0.5) is 0 Å². The molecule has 0 aliphatic rings. The second kappa shape index (κ2) is 4.88. The molecule has 1 aromatic heterocycles. The van der Waals surface area contributed by atoms with Gasteiger partial charge in [-0.2, -0.15) is 0 Å². The van der Waals surface area contributed by atoms with Gasteiger partial charge in [0, 0.05) is 0 Å². The molecule has 0 radical (unpaired) electrons. The normalized spacial score (nSPS) is 12.1. The molecule has 1 atom stereocenters. The Hall–Kier alpha value is -1.20. The minimum Gasteiger partial charge on any atom is -0.347 e. The first-order chi connectivity index (χ1) is 6.61. The van der Waals surface area contributed by atoms with Gasteiger partial charge in [-0.05, 0) is 18.4 Å². The molecule has 1 aromatic rings. The summed E-state index contributed by atoms with van der Waals surface area (Å²) in [5.74, 6) is -0.399. The van der Waals surface area contributed by atoms with E-state index in [2.05, 4.69) is 5.32 Å². The van der Waals surface area contributed by atoms with E-state index in [-0.39, 0.29) is 18.2 Å². The maximum Gasteiger partial charge on any atom is 0.237 e. The summed E-state index contributed by atoms with van der Waals surface area (Å²) in [6.07, 6.45) is 0. The number of hydrogen-bond acceptors (Lipinski definition) is 4. The molecule has 0 spiro atoms. The Kier molecular flexibility index (Phi) is 3.79. The number of nitrogens with one attached hydrogen (secondary N) is 1. The van der Waals surface area contributed by atoms with Gasteiger partial charge in [0.1, 0.15) is 0 Å². The minimum absolute atomic E-state index is 0.0148. The van der Waals surface area contributed by atoms with Crippen LogP contribution in [0, 0.1) is 0 Å². The first-order valence-electron chi connectivity index (χ1n) is 4.21. The molecule has 1 heterocycles. The van der Waals surface area contributed by atoms with Crippen LogP contribution in [0.25, 0.3) is 0 Å². The van der Waals surface area contributed by atoms with E-state index in [1.54, 1.807) is 19.1 Å². The molecule has 0 bridgehead atoms. The summed E-state index contributed by atoms with van der Waals surface area (Å²) in [6, 6.07) is 2.95. The second-order valence-corrected chi connectivity index (χ2v) is 3.85. The summed E-state index contributed by atoms with van der Waals surface area (Å²) in [4.78, 5) is 23.1. The maximum absolute atomic E-state index is 11.4. The van der Waals surface area contributed by atoms with Crippen molar-refractivity contribution in [3.05, 3.63) is 22.4 Å². The Balaban J connectivity index is 2.40. The van der Waals surface area contributed by atoms with Gasteiger partial charge in [-0.3, -0.25) is 9.59 Å². The van der Waals surface area contributed by atoms with Crippen molar-refractivity contribution in [2.75, 3.05) is 6.54 Å². The van der Waals surface area contributed by atoms with Crippen LogP contribution in [0.15, 0.2) is 17.5 Å². The van der Waals surface area contributed by atoms with Gasteiger partial charge in [-0.25, -0.2) is 0 Å². The van der Waals surface area contributed by atoms with Crippen LogP contribution in [-0.4, -0.2) is 24.3 Å². The van der Waals surface area contributed by atoms with Crippen LogP contribution >= 0.6 is 11.3 Å². The van der Waals surface area contributed by atoms with E-state index in [0.717, 1.165) is 0 Å². The van der Waals surface area contributed by atoms with Crippen LogP contribution in [0.2, 0.25) is 0 Å². The molecule has 1 unspecified atom stereocenters. The molecule has 0 saturated heterocycles. The van der Waals surface area contributed by atoms with E-state index >= 15 is 0 Å². The van der Waals surface area contributed by atoms with Gasteiger partial charge in [-0.1, -0.05) is 6.07 Å². The first-order valence-corrected chi connectivity index (χ1v) is 5.09. The van der Waals surface area contributed by atoms with Crippen molar-refractivity contribution in [1.29, 1.82) is 0 Å². The molecule has 0 aliphatic heterocycles. The molecule has 5 heteroatoms. The van der Waals surface area contributed by atoms with Crippen molar-refractivity contribution >= 4 is 23.0 Å². The molecule has 1 rings (SSSR count). The van der Waals surface area contributed by atoms with Gasteiger partial charge in [0.15, 0.2) is 5.78 Å². The van der Waals surface area contributed by atoms with E-state index in [1.807, 2.05) is 5.38 Å². The number of thiophene rings is 1. The summed E-state index contributed by atoms with van der Waals surface area (Å²) in [5, 5.41) is 4.28. The van der Waals surface area contributed by atoms with Crippen molar-refractivity contribution < 1.29 is 9.59 Å². The Morgan fingerprint density at radius 1 is 1.64 bits per heavy atom. The minimum atomic E-state index is -0.578. The van der Waals surface area contributed by atoms with Crippen molar-refractivity contribution in [1.82, 2.24) is 5.32 Å². The van der Waals surface area contributed by atoms with E-state index < -0.39 is 6.04 Å². The smallest absolute Gasteiger partial charge is 0.237 e. The monoisotopic (exact) mass is 212 g/mol. The van der Waals surface area contributed by atoms with Crippen molar-refractivity contribution in [2.24, 2.45) is 5.73 Å². The lowest BCUT2D eigenvalue weighted by atomic mass is 10.3. The predicted molar refractivity (Wildman–Crippen MR) is 55.3 cm³/mol. The standard InChI is InChI=1S/C9H12N2O2S/c1-6(10)9(13)11-5-7(12)8-3-2-4-14-8/h2-4,6H,5,10H2,1H3,(H,11,13). The average molecular weight is 212 g/mol. The molecule has 0 aromatic carbocycles. The van der Waals surface area contributed by atoms with Gasteiger partial charge in [0.2, 0.25) is 5.91 Å². The molecule has 0 saturated carbocycles. The van der Waals surface area contributed by atoms with Crippen LogP contribution in [-0.2, 0) is 4.79 Å². The number of rotatable bonds is 4. The van der Waals surface area contributed by atoms with Crippen LogP contribution < -0.4 is 11.1 Å². The summed E-state index contributed by atoms with van der Waals surface area (Å²) in [5.41, 5.74) is 5.32. The highest BCUT2D eigenvalue weighted by atomic mass is 32.1. The fourth-order valence-corrected chi connectivity index (χ4v) is 1.52. The van der Waals surface area contributed by atoms with Crippen LogP contribution in [0.5, 0.6) is 0 Å².